The van der Waals surface area contributed by atoms with Gasteiger partial charge in [0.25, 0.3) is 0 Å². The van der Waals surface area contributed by atoms with Crippen LogP contribution in [-0.4, -0.2) is 18.0 Å². The van der Waals surface area contributed by atoms with Crippen molar-refractivity contribution < 1.29 is 4.79 Å². The van der Waals surface area contributed by atoms with Gasteiger partial charge in [0.2, 0.25) is 5.91 Å². The van der Waals surface area contributed by atoms with Gasteiger partial charge in [-0.3, -0.25) is 4.79 Å². The Morgan fingerprint density at radius 2 is 1.77 bits per heavy atom. The topological polar surface area (TPSA) is 55.1 Å². The highest BCUT2D eigenvalue weighted by molar-refractivity contribution is 5.91. The zero-order chi connectivity index (χ0) is 20.7. The number of amides is 1. The van der Waals surface area contributed by atoms with Crippen LogP contribution in [0.4, 0.5) is 0 Å². The molecular weight excluding hydrogens is 368 g/mol. The van der Waals surface area contributed by atoms with E-state index in [1.54, 1.807) is 5.57 Å². The maximum absolute atomic E-state index is 13.7. The number of nitrogens with one attached hydrogen (secondary N) is 1. The number of nitrogens with two attached hydrogens (primary N) is 1. The average molecular weight is 403 g/mol. The fourth-order valence-corrected chi connectivity index (χ4v) is 8.54. The van der Waals surface area contributed by atoms with Crippen LogP contribution in [0.15, 0.2) is 53.6 Å². The van der Waals surface area contributed by atoms with Crippen molar-refractivity contribution >= 4 is 5.91 Å². The predicted molar refractivity (Wildman–Crippen MR) is 120 cm³/mol. The van der Waals surface area contributed by atoms with Crippen LogP contribution in [0.5, 0.6) is 0 Å². The summed E-state index contributed by atoms with van der Waals surface area (Å²) in [7, 11) is 0. The minimum absolute atomic E-state index is 0.127. The summed E-state index contributed by atoms with van der Waals surface area (Å²) in [5.41, 5.74) is 10.8. The number of rotatable bonds is 4. The molecule has 6 rings (SSSR count). The van der Waals surface area contributed by atoms with Gasteiger partial charge in [-0.1, -0.05) is 53.6 Å². The lowest BCUT2D eigenvalue weighted by atomic mass is 9.06. The Hall–Kier alpha value is -1.87. The van der Waals surface area contributed by atoms with Gasteiger partial charge in [-0.2, -0.15) is 0 Å². The molecule has 1 spiro atoms. The Morgan fingerprint density at radius 3 is 2.43 bits per heavy atom. The molecule has 0 aliphatic heterocycles. The van der Waals surface area contributed by atoms with E-state index >= 15 is 0 Å². The Balaban J connectivity index is 1.30. The number of carbonyl (C=O) groups is 1. The van der Waals surface area contributed by atoms with Gasteiger partial charge in [0.15, 0.2) is 0 Å². The second-order valence-corrected chi connectivity index (χ2v) is 11.1. The number of hydrogen-bond acceptors (Lipinski definition) is 2. The van der Waals surface area contributed by atoms with E-state index in [-0.39, 0.29) is 16.2 Å². The molecule has 1 amide bonds. The van der Waals surface area contributed by atoms with E-state index in [0.717, 1.165) is 38.5 Å². The van der Waals surface area contributed by atoms with Crippen LogP contribution < -0.4 is 11.1 Å². The van der Waals surface area contributed by atoms with Crippen molar-refractivity contribution in [1.82, 2.24) is 5.32 Å². The minimum Gasteiger partial charge on any atom is -0.353 e. The van der Waals surface area contributed by atoms with Gasteiger partial charge in [0.05, 0.1) is 5.41 Å². The van der Waals surface area contributed by atoms with Crippen molar-refractivity contribution in [2.24, 2.45) is 28.4 Å². The van der Waals surface area contributed by atoms with Gasteiger partial charge in [0, 0.05) is 22.9 Å². The summed E-state index contributed by atoms with van der Waals surface area (Å²) < 4.78 is 0. The van der Waals surface area contributed by atoms with Crippen molar-refractivity contribution in [3.05, 3.63) is 59.2 Å². The molecule has 3 heteroatoms. The van der Waals surface area contributed by atoms with Gasteiger partial charge >= 0.3 is 0 Å². The van der Waals surface area contributed by atoms with Gasteiger partial charge in [-0.05, 0) is 76.2 Å². The zero-order valence-corrected chi connectivity index (χ0v) is 18.3. The van der Waals surface area contributed by atoms with E-state index in [0.29, 0.717) is 29.8 Å². The highest BCUT2D eigenvalue weighted by Gasteiger charge is 2.97. The monoisotopic (exact) mass is 402 g/mol. The molecule has 1 aromatic carbocycles. The lowest BCUT2D eigenvalue weighted by Gasteiger charge is -2.95. The van der Waals surface area contributed by atoms with Crippen LogP contribution in [0.2, 0.25) is 0 Å². The fourth-order valence-electron chi connectivity index (χ4n) is 8.54. The fraction of sp³-hybridized carbons (Fsp3) is 0.593. The maximum Gasteiger partial charge on any atom is 0.227 e. The minimum atomic E-state index is -0.127. The zero-order valence-electron chi connectivity index (χ0n) is 18.3. The second-order valence-electron chi connectivity index (χ2n) is 11.1. The summed E-state index contributed by atoms with van der Waals surface area (Å²) in [5.74, 6) is 1.56. The third-order valence-corrected chi connectivity index (χ3v) is 9.67. The SMILES string of the molecule is CC(C)=C/C=C1/C2CC3(C(=O)N[C@H]4CC[C@H](N)CC4)CC4(c5ccccc5)CC1C234. The molecule has 0 heterocycles. The maximum atomic E-state index is 13.7. The van der Waals surface area contributed by atoms with E-state index in [9.17, 15) is 4.79 Å². The lowest BCUT2D eigenvalue weighted by Crippen LogP contribution is -2.95. The van der Waals surface area contributed by atoms with Gasteiger partial charge in [0.1, 0.15) is 0 Å². The molecule has 3 nitrogen and oxygen atoms in total. The summed E-state index contributed by atoms with van der Waals surface area (Å²) in [6.07, 6.45) is 12.1. The highest BCUT2D eigenvalue weighted by Crippen LogP contribution is 2.98. The van der Waals surface area contributed by atoms with Crippen molar-refractivity contribution in [3.63, 3.8) is 0 Å². The summed E-state index contributed by atoms with van der Waals surface area (Å²) >= 11 is 0. The Bertz CT molecular complexity index is 942. The average Bonchev–Trinajstić information content (AvgIpc) is 2.68. The second kappa shape index (κ2) is 6.09. The molecule has 1 aromatic rings. The third-order valence-electron chi connectivity index (χ3n) is 9.67. The smallest absolute Gasteiger partial charge is 0.227 e. The normalized spacial score (nSPS) is 46.2. The predicted octanol–water partition coefficient (Wildman–Crippen LogP) is 4.63. The van der Waals surface area contributed by atoms with Crippen LogP contribution in [0.25, 0.3) is 0 Å². The van der Waals surface area contributed by atoms with E-state index in [4.69, 9.17) is 5.73 Å². The summed E-state index contributed by atoms with van der Waals surface area (Å²) in [6, 6.07) is 11.7. The third kappa shape index (κ3) is 1.99. The largest absolute Gasteiger partial charge is 0.353 e. The van der Waals surface area contributed by atoms with Crippen molar-refractivity contribution in [2.75, 3.05) is 0 Å². The molecule has 0 saturated heterocycles. The van der Waals surface area contributed by atoms with Crippen molar-refractivity contribution in [2.45, 2.75) is 76.3 Å². The first-order valence-corrected chi connectivity index (χ1v) is 11.9. The van der Waals surface area contributed by atoms with Gasteiger partial charge in [-0.25, -0.2) is 0 Å². The van der Waals surface area contributed by atoms with E-state index in [1.165, 1.54) is 17.6 Å². The summed E-state index contributed by atoms with van der Waals surface area (Å²) in [5, 5.41) is 3.49. The van der Waals surface area contributed by atoms with Crippen LogP contribution >= 0.6 is 0 Å². The Kier molecular flexibility index (Phi) is 3.83. The molecule has 0 radical (unpaired) electrons. The van der Waals surface area contributed by atoms with Gasteiger partial charge in [-0.15, -0.1) is 0 Å². The van der Waals surface area contributed by atoms with E-state index in [2.05, 4.69) is 61.6 Å². The molecule has 5 saturated carbocycles. The molecule has 5 atom stereocenters. The number of carbonyl (C=O) groups excluding carboxylic acids is 1. The molecule has 158 valence electrons. The number of allylic oxidation sites excluding steroid dienone is 4. The van der Waals surface area contributed by atoms with Crippen molar-refractivity contribution in [1.29, 1.82) is 0 Å². The first-order valence-electron chi connectivity index (χ1n) is 11.9. The van der Waals surface area contributed by atoms with E-state index < -0.39 is 0 Å². The molecular formula is C27H34N2O. The molecule has 3 N–H and O–H groups in total. The van der Waals surface area contributed by atoms with Crippen LogP contribution in [0.3, 0.4) is 0 Å². The lowest BCUT2D eigenvalue weighted by molar-refractivity contribution is -0.397. The van der Waals surface area contributed by atoms with Crippen molar-refractivity contribution in [3.8, 4) is 0 Å². The molecule has 5 aliphatic carbocycles. The quantitative estimate of drug-likeness (QED) is 0.771. The molecule has 5 unspecified atom stereocenters. The van der Waals surface area contributed by atoms with Crippen LogP contribution in [-0.2, 0) is 10.2 Å². The Labute approximate surface area is 180 Å². The first-order chi connectivity index (χ1) is 14.4. The highest BCUT2D eigenvalue weighted by atomic mass is 16.2. The molecule has 30 heavy (non-hydrogen) atoms. The van der Waals surface area contributed by atoms with E-state index in [1.807, 2.05) is 0 Å². The Morgan fingerprint density at radius 1 is 1.07 bits per heavy atom. The van der Waals surface area contributed by atoms with Crippen LogP contribution in [0, 0.1) is 22.7 Å². The number of hydrogen-bond donors (Lipinski definition) is 2. The molecule has 5 fully saturated rings. The molecule has 0 aromatic heterocycles. The number of benzene rings is 1. The summed E-state index contributed by atoms with van der Waals surface area (Å²) in [4.78, 5) is 13.7. The first kappa shape index (κ1) is 18.9. The standard InChI is InChI=1S/C27H34N2O/c1-17(2)8-13-21-22-14-25(18-6-4-3-5-7-18)16-26(15-23(21)27(22,25)26)24(30)29-20-11-9-19(28)10-12-20/h3-8,13,19-20,22-23H,9-12,14-16,28H2,1-2H3,(H,29,30)/b21-13+/t19-,20-,22?,23?,25?,26?,27?. The summed E-state index contributed by atoms with van der Waals surface area (Å²) in [6.45, 7) is 4.33. The molecule has 5 aliphatic rings. The van der Waals surface area contributed by atoms with Gasteiger partial charge < -0.3 is 11.1 Å². The van der Waals surface area contributed by atoms with Crippen LogP contribution in [0.1, 0.15) is 64.4 Å². The molecule has 0 bridgehead atoms.